The van der Waals surface area contributed by atoms with Crippen molar-refractivity contribution in [2.45, 2.75) is 32.7 Å². The monoisotopic (exact) mass is 488 g/mol. The normalized spacial score (nSPS) is 18.3. The molecule has 0 bridgehead atoms. The van der Waals surface area contributed by atoms with E-state index in [9.17, 15) is 30.0 Å². The van der Waals surface area contributed by atoms with Crippen LogP contribution in [0.4, 0.5) is 0 Å². The zero-order chi connectivity index (χ0) is 25.8. The molecule has 0 unspecified atom stereocenters. The van der Waals surface area contributed by atoms with Crippen LogP contribution in [0.15, 0.2) is 21.7 Å². The van der Waals surface area contributed by atoms with Crippen LogP contribution in [0.3, 0.4) is 0 Å². The van der Waals surface area contributed by atoms with Gasteiger partial charge in [-0.25, -0.2) is 0 Å². The molecule has 0 saturated carbocycles. The maximum absolute atomic E-state index is 13.9. The Morgan fingerprint density at radius 1 is 0.833 bits per heavy atom. The molecule has 186 valence electrons. The van der Waals surface area contributed by atoms with Gasteiger partial charge in [0.05, 0.1) is 21.6 Å². The minimum absolute atomic E-state index is 0.0158. The quantitative estimate of drug-likeness (QED) is 0.250. The van der Waals surface area contributed by atoms with Gasteiger partial charge in [-0.05, 0) is 56.5 Å². The lowest BCUT2D eigenvalue weighted by molar-refractivity contribution is 0.147. The van der Waals surface area contributed by atoms with E-state index in [2.05, 4.69) is 9.80 Å². The summed E-state index contributed by atoms with van der Waals surface area (Å²) in [6.07, 6.45) is 0. The second-order valence-electron chi connectivity index (χ2n) is 10.8. The molecule has 2 aliphatic rings. The van der Waals surface area contributed by atoms with Crippen LogP contribution >= 0.6 is 0 Å². The number of benzene rings is 4. The van der Waals surface area contributed by atoms with E-state index in [1.807, 2.05) is 7.05 Å². The summed E-state index contributed by atoms with van der Waals surface area (Å²) in [5.74, 6) is -1.10. The summed E-state index contributed by atoms with van der Waals surface area (Å²) in [6.45, 7) is 8.39. The molecule has 6 rings (SSSR count). The topological polar surface area (TPSA) is 122 Å². The fourth-order valence-corrected chi connectivity index (χ4v) is 6.18. The molecule has 0 aromatic heterocycles. The highest BCUT2D eigenvalue weighted by molar-refractivity contribution is 6.29. The van der Waals surface area contributed by atoms with Crippen molar-refractivity contribution in [1.29, 1.82) is 0 Å². The first-order valence-electron chi connectivity index (χ1n) is 12.1. The number of rotatable bonds is 2. The van der Waals surface area contributed by atoms with E-state index >= 15 is 0 Å². The van der Waals surface area contributed by atoms with Crippen LogP contribution in [0, 0.1) is 6.92 Å². The minimum atomic E-state index is -1.07. The predicted molar refractivity (Wildman–Crippen MR) is 139 cm³/mol. The first-order chi connectivity index (χ1) is 16.9. The summed E-state index contributed by atoms with van der Waals surface area (Å²) in [7, 11) is 2.02. The Morgan fingerprint density at radius 3 is 2.17 bits per heavy atom. The fraction of sp³-hybridized carbons (Fsp3) is 0.357. The highest BCUT2D eigenvalue weighted by Crippen LogP contribution is 2.51. The molecule has 1 aliphatic heterocycles. The number of hydrogen-bond donors (Lipinski definition) is 4. The van der Waals surface area contributed by atoms with Gasteiger partial charge in [-0.2, -0.15) is 0 Å². The van der Waals surface area contributed by atoms with Gasteiger partial charge in [-0.3, -0.25) is 14.5 Å². The number of aliphatic hydroxyl groups excluding tert-OH is 1. The number of hydrogen-bond acceptors (Lipinski definition) is 8. The molecule has 8 nitrogen and oxygen atoms in total. The molecule has 0 radical (unpaired) electrons. The molecule has 1 fully saturated rings. The third-order valence-corrected chi connectivity index (χ3v) is 8.27. The summed E-state index contributed by atoms with van der Waals surface area (Å²) in [4.78, 5) is 31.3. The Hall–Kier alpha value is -3.62. The SMILES string of the molecule is Cc1cc(=O)c2c(O)c3c(O)c(CN4CCN(C)CC4)c(=O)c4c3c3c(cc(O)c1c23)C(C)(C)C=4O. The first-order valence-corrected chi connectivity index (χ1v) is 12.1. The van der Waals surface area contributed by atoms with Crippen molar-refractivity contribution < 1.29 is 20.4 Å². The Bertz CT molecular complexity index is 1800. The van der Waals surface area contributed by atoms with E-state index in [4.69, 9.17) is 0 Å². The molecule has 8 heteroatoms. The van der Waals surface area contributed by atoms with E-state index in [1.54, 1.807) is 26.8 Å². The van der Waals surface area contributed by atoms with Crippen molar-refractivity contribution in [1.82, 2.24) is 9.80 Å². The van der Waals surface area contributed by atoms with E-state index in [-0.39, 0.29) is 50.7 Å². The number of likely N-dealkylation sites (N-methyl/N-ethyl adjacent to an activating group) is 1. The highest BCUT2D eigenvalue weighted by atomic mass is 16.3. The van der Waals surface area contributed by atoms with E-state index in [0.29, 0.717) is 40.4 Å². The molecule has 1 heterocycles. The second kappa shape index (κ2) is 7.21. The molecule has 4 aromatic carbocycles. The maximum atomic E-state index is 13.9. The lowest BCUT2D eigenvalue weighted by atomic mass is 9.72. The smallest absolute Gasteiger partial charge is 0.198 e. The molecule has 0 spiro atoms. The van der Waals surface area contributed by atoms with Crippen LogP contribution in [0.5, 0.6) is 17.2 Å². The number of piperazine rings is 1. The van der Waals surface area contributed by atoms with Gasteiger partial charge in [0.1, 0.15) is 23.0 Å². The first kappa shape index (κ1) is 22.8. The van der Waals surface area contributed by atoms with Crippen LogP contribution in [0.1, 0.15) is 30.5 Å². The van der Waals surface area contributed by atoms with Gasteiger partial charge in [0, 0.05) is 54.3 Å². The standard InChI is InChI=1S/C28H28N2O6/c1-12-9-15(31)19-20-17(12)16(32)10-14-18(20)21-22(26(19)35)24(33)13(11-30-7-5-29(4)6-8-30)25(34)23(21)27(36)28(14,2)3/h9-10,32-33,35-36H,5-8,11H2,1-4H3. The van der Waals surface area contributed by atoms with Gasteiger partial charge in [0.15, 0.2) is 10.9 Å². The van der Waals surface area contributed by atoms with Gasteiger partial charge in [0.2, 0.25) is 0 Å². The predicted octanol–water partition coefficient (Wildman–Crippen LogP) is 2.15. The highest BCUT2D eigenvalue weighted by Gasteiger charge is 2.38. The third-order valence-electron chi connectivity index (χ3n) is 8.27. The van der Waals surface area contributed by atoms with Crippen LogP contribution in [-0.4, -0.2) is 63.5 Å². The largest absolute Gasteiger partial charge is 0.511 e. The molecule has 1 saturated heterocycles. The average molecular weight is 489 g/mol. The number of phenols is 3. The molecule has 0 amide bonds. The second-order valence-corrected chi connectivity index (χ2v) is 10.8. The maximum Gasteiger partial charge on any atom is 0.198 e. The third kappa shape index (κ3) is 2.71. The lowest BCUT2D eigenvalue weighted by Gasteiger charge is -2.33. The van der Waals surface area contributed by atoms with Gasteiger partial charge in [0.25, 0.3) is 0 Å². The fourth-order valence-electron chi connectivity index (χ4n) is 6.18. The summed E-state index contributed by atoms with van der Waals surface area (Å²) >= 11 is 0. The van der Waals surface area contributed by atoms with E-state index in [0.717, 1.165) is 13.1 Å². The Labute approximate surface area is 206 Å². The number of aromatic hydroxyl groups is 3. The van der Waals surface area contributed by atoms with E-state index < -0.39 is 22.0 Å². The summed E-state index contributed by atoms with van der Waals surface area (Å²) in [6, 6.07) is 2.90. The molecule has 4 N–H and O–H groups in total. The van der Waals surface area contributed by atoms with Crippen molar-refractivity contribution in [3.8, 4) is 17.2 Å². The van der Waals surface area contributed by atoms with Crippen LogP contribution in [0.2, 0.25) is 0 Å². The molecular weight excluding hydrogens is 460 g/mol. The minimum Gasteiger partial charge on any atom is -0.511 e. The summed E-state index contributed by atoms with van der Waals surface area (Å²) in [5, 5.41) is 46.7. The molecule has 1 aliphatic carbocycles. The summed E-state index contributed by atoms with van der Waals surface area (Å²) in [5.41, 5.74) is -0.864. The summed E-state index contributed by atoms with van der Waals surface area (Å²) < 4.78 is 0. The van der Waals surface area contributed by atoms with Crippen LogP contribution < -0.4 is 16.1 Å². The van der Waals surface area contributed by atoms with Gasteiger partial charge >= 0.3 is 0 Å². The molecular formula is C28H28N2O6. The van der Waals surface area contributed by atoms with Gasteiger partial charge in [-0.15, -0.1) is 0 Å². The van der Waals surface area contributed by atoms with Crippen molar-refractivity contribution in [3.63, 3.8) is 0 Å². The molecule has 36 heavy (non-hydrogen) atoms. The zero-order valence-electron chi connectivity index (χ0n) is 20.7. The van der Waals surface area contributed by atoms with E-state index in [1.165, 1.54) is 6.07 Å². The van der Waals surface area contributed by atoms with Crippen molar-refractivity contribution in [2.75, 3.05) is 33.2 Å². The van der Waals surface area contributed by atoms with Crippen molar-refractivity contribution in [3.05, 3.63) is 54.5 Å². The molecule has 0 atom stereocenters. The van der Waals surface area contributed by atoms with Crippen molar-refractivity contribution in [2.24, 2.45) is 0 Å². The average Bonchev–Trinajstić information content (AvgIpc) is 2.80. The number of aliphatic hydroxyl groups is 1. The van der Waals surface area contributed by atoms with Crippen LogP contribution in [-0.2, 0) is 12.0 Å². The van der Waals surface area contributed by atoms with Crippen LogP contribution in [0.25, 0.3) is 38.1 Å². The Kier molecular flexibility index (Phi) is 4.57. The Morgan fingerprint density at radius 2 is 1.50 bits per heavy atom. The Balaban J connectivity index is 1.86. The lowest BCUT2D eigenvalue weighted by Crippen LogP contribution is -2.46. The van der Waals surface area contributed by atoms with Crippen molar-refractivity contribution >= 4 is 38.1 Å². The molecule has 4 aromatic rings. The van der Waals surface area contributed by atoms with Gasteiger partial charge < -0.3 is 25.3 Å². The number of aryl methyl sites for hydroxylation is 1. The number of phenolic OH excluding ortho intramolecular Hbond substituents is 3. The number of nitrogens with zero attached hydrogens (tertiary/aromatic N) is 2. The van der Waals surface area contributed by atoms with Gasteiger partial charge in [-0.1, -0.05) is 0 Å². The zero-order valence-corrected chi connectivity index (χ0v) is 20.7.